The van der Waals surface area contributed by atoms with E-state index in [-0.39, 0.29) is 12.1 Å². The molecule has 0 saturated heterocycles. The van der Waals surface area contributed by atoms with Crippen molar-refractivity contribution in [3.05, 3.63) is 101 Å². The van der Waals surface area contributed by atoms with Crippen LogP contribution in [0.15, 0.2) is 78.6 Å². The van der Waals surface area contributed by atoms with Crippen molar-refractivity contribution in [3.8, 4) is 17.2 Å². The smallest absolute Gasteiger partial charge is 0.226 e. The van der Waals surface area contributed by atoms with E-state index in [1.165, 1.54) is 0 Å². The van der Waals surface area contributed by atoms with Gasteiger partial charge in [-0.1, -0.05) is 35.9 Å². The Morgan fingerprint density at radius 2 is 1.74 bits per heavy atom. The van der Waals surface area contributed by atoms with Gasteiger partial charge in [0.25, 0.3) is 0 Å². The summed E-state index contributed by atoms with van der Waals surface area (Å²) in [5.74, 6) is 3.10. The third-order valence-electron chi connectivity index (χ3n) is 6.40. The van der Waals surface area contributed by atoms with Crippen molar-refractivity contribution >= 4 is 11.6 Å². The van der Waals surface area contributed by atoms with Crippen molar-refractivity contribution in [2.45, 2.75) is 19.1 Å². The lowest BCUT2D eigenvalue weighted by Crippen LogP contribution is -2.32. The van der Waals surface area contributed by atoms with Gasteiger partial charge in [-0.3, -0.25) is 0 Å². The molecule has 0 aliphatic carbocycles. The van der Waals surface area contributed by atoms with Crippen molar-refractivity contribution in [2.75, 3.05) is 19.5 Å². The first-order valence-electron chi connectivity index (χ1n) is 11.1. The largest absolute Gasteiger partial charge is 0.497 e. The fourth-order valence-electron chi connectivity index (χ4n) is 4.77. The number of hydrogen-bond acceptors (Lipinski definition) is 6. The second-order valence-corrected chi connectivity index (χ2v) is 8.43. The van der Waals surface area contributed by atoms with Gasteiger partial charge >= 0.3 is 0 Å². The number of benzene rings is 3. The summed E-state index contributed by atoms with van der Waals surface area (Å²) in [4.78, 5) is 4.50. The van der Waals surface area contributed by atoms with Crippen molar-refractivity contribution in [2.24, 2.45) is 0 Å². The van der Waals surface area contributed by atoms with Crippen molar-refractivity contribution < 1.29 is 14.2 Å². The molecule has 1 N–H and O–H groups in total. The number of nitrogens with one attached hydrogen (secondary N) is 1. The zero-order valence-electron chi connectivity index (χ0n) is 19.1. The van der Waals surface area contributed by atoms with E-state index in [1.54, 1.807) is 20.5 Å². The van der Waals surface area contributed by atoms with Gasteiger partial charge in [0.1, 0.15) is 35.7 Å². The Hall–Kier alpha value is -4.26. The lowest BCUT2D eigenvalue weighted by molar-refractivity contribution is 0.222. The Morgan fingerprint density at radius 3 is 2.53 bits per heavy atom. The summed E-state index contributed by atoms with van der Waals surface area (Å²) >= 11 is 0. The summed E-state index contributed by atoms with van der Waals surface area (Å²) in [5, 5.41) is 8.13. The topological polar surface area (TPSA) is 70.4 Å². The number of aryl methyl sites for hydroxylation is 1. The van der Waals surface area contributed by atoms with Crippen LogP contribution in [0.25, 0.3) is 5.70 Å². The summed E-state index contributed by atoms with van der Waals surface area (Å²) in [6, 6.07) is 22.1. The standard InChI is InChI=1S/C27H24N4O3/c1-16-7-12-22-21(13-16)24-23(26(34-22)18-5-4-6-20(14-18)33-3)25(31-27(30-24)28-15-29-31)17-8-10-19(32-2)11-9-17/h4-15,25-26H,1-3H3,(H,28,29,30)/t25-,26-/m0/s1. The normalized spacial score (nSPS) is 18.2. The molecule has 3 aromatic carbocycles. The van der Waals surface area contributed by atoms with Crippen molar-refractivity contribution in [1.82, 2.24) is 14.8 Å². The first-order chi connectivity index (χ1) is 16.7. The average Bonchev–Trinajstić information content (AvgIpc) is 3.35. The summed E-state index contributed by atoms with van der Waals surface area (Å²) in [5.41, 5.74) is 6.30. The molecule has 0 radical (unpaired) electrons. The third-order valence-corrected chi connectivity index (χ3v) is 6.40. The van der Waals surface area contributed by atoms with E-state index >= 15 is 0 Å². The molecule has 0 bridgehead atoms. The highest BCUT2D eigenvalue weighted by molar-refractivity contribution is 5.85. The summed E-state index contributed by atoms with van der Waals surface area (Å²) in [7, 11) is 3.34. The molecule has 0 saturated carbocycles. The fraction of sp³-hybridized carbons (Fsp3) is 0.185. The van der Waals surface area contributed by atoms with E-state index in [0.717, 1.165) is 50.8 Å². The molecule has 4 aromatic rings. The highest BCUT2D eigenvalue weighted by atomic mass is 16.5. The number of anilines is 1. The van der Waals surface area contributed by atoms with Crippen LogP contribution >= 0.6 is 0 Å². The van der Waals surface area contributed by atoms with Crippen molar-refractivity contribution in [1.29, 1.82) is 0 Å². The van der Waals surface area contributed by atoms with Crippen LogP contribution in [0.3, 0.4) is 0 Å². The van der Waals surface area contributed by atoms with Crippen LogP contribution in [0.4, 0.5) is 5.95 Å². The summed E-state index contributed by atoms with van der Waals surface area (Å²) in [6.07, 6.45) is 1.23. The van der Waals surface area contributed by atoms with E-state index < -0.39 is 0 Å². The lowest BCUT2D eigenvalue weighted by Gasteiger charge is -2.39. The Balaban J connectivity index is 1.61. The van der Waals surface area contributed by atoms with Gasteiger partial charge in [-0.25, -0.2) is 4.68 Å². The molecule has 7 heteroatoms. The quantitative estimate of drug-likeness (QED) is 0.461. The minimum Gasteiger partial charge on any atom is -0.497 e. The van der Waals surface area contributed by atoms with Gasteiger partial charge < -0.3 is 19.5 Å². The maximum Gasteiger partial charge on any atom is 0.226 e. The van der Waals surface area contributed by atoms with Crippen LogP contribution in [-0.2, 0) is 0 Å². The predicted octanol–water partition coefficient (Wildman–Crippen LogP) is 5.16. The first kappa shape index (κ1) is 20.4. The van der Waals surface area contributed by atoms with Crippen LogP contribution in [-0.4, -0.2) is 29.0 Å². The summed E-state index contributed by atoms with van der Waals surface area (Å²) in [6.45, 7) is 2.08. The fourth-order valence-corrected chi connectivity index (χ4v) is 4.77. The molecule has 0 fully saturated rings. The highest BCUT2D eigenvalue weighted by Crippen LogP contribution is 2.51. The molecule has 2 atom stereocenters. The van der Waals surface area contributed by atoms with Gasteiger partial charge in [-0.2, -0.15) is 10.1 Å². The molecule has 0 spiro atoms. The molecule has 170 valence electrons. The molecule has 2 aliphatic rings. The van der Waals surface area contributed by atoms with Gasteiger partial charge in [0.15, 0.2) is 0 Å². The van der Waals surface area contributed by atoms with E-state index in [4.69, 9.17) is 14.2 Å². The van der Waals surface area contributed by atoms with E-state index in [0.29, 0.717) is 5.95 Å². The Kier molecular flexibility index (Phi) is 4.76. The number of fused-ring (bicyclic) bond motifs is 3. The second-order valence-electron chi connectivity index (χ2n) is 8.43. The molecular weight excluding hydrogens is 428 g/mol. The van der Waals surface area contributed by atoms with Crippen LogP contribution in [0, 0.1) is 6.92 Å². The monoisotopic (exact) mass is 452 g/mol. The zero-order valence-corrected chi connectivity index (χ0v) is 19.1. The van der Waals surface area contributed by atoms with Gasteiger partial charge in [0, 0.05) is 16.7 Å². The van der Waals surface area contributed by atoms with Crippen LogP contribution in [0.5, 0.6) is 17.2 Å². The zero-order chi connectivity index (χ0) is 23.2. The number of ether oxygens (including phenoxy) is 3. The van der Waals surface area contributed by atoms with Crippen LogP contribution < -0.4 is 19.5 Å². The molecule has 3 heterocycles. The Morgan fingerprint density at radius 1 is 0.912 bits per heavy atom. The minimum absolute atomic E-state index is 0.218. The molecular formula is C27H24N4O3. The van der Waals surface area contributed by atoms with Crippen LogP contribution in [0.2, 0.25) is 0 Å². The number of methoxy groups -OCH3 is 2. The third kappa shape index (κ3) is 3.20. The predicted molar refractivity (Wildman–Crippen MR) is 129 cm³/mol. The maximum atomic E-state index is 6.69. The molecule has 1 aromatic heterocycles. The molecule has 2 aliphatic heterocycles. The van der Waals surface area contributed by atoms with E-state index in [9.17, 15) is 0 Å². The minimum atomic E-state index is -0.350. The second kappa shape index (κ2) is 7.95. The SMILES string of the molecule is COc1ccc([C@H]2C3=C(Nc4ncnn42)c2cc(C)ccc2O[C@H]3c2cccc(OC)c2)cc1. The number of rotatable bonds is 4. The van der Waals surface area contributed by atoms with Gasteiger partial charge in [0.2, 0.25) is 5.95 Å². The lowest BCUT2D eigenvalue weighted by atomic mass is 9.84. The molecule has 0 unspecified atom stereocenters. The number of nitrogens with zero attached hydrogens (tertiary/aromatic N) is 3. The van der Waals surface area contributed by atoms with E-state index in [1.807, 2.05) is 41.1 Å². The molecule has 7 nitrogen and oxygen atoms in total. The molecule has 6 rings (SSSR count). The van der Waals surface area contributed by atoms with Gasteiger partial charge in [-0.05, 0) is 48.9 Å². The number of aromatic nitrogens is 3. The Bertz CT molecular complexity index is 1410. The van der Waals surface area contributed by atoms with Gasteiger partial charge in [-0.15, -0.1) is 0 Å². The van der Waals surface area contributed by atoms with E-state index in [2.05, 4.69) is 52.7 Å². The summed E-state index contributed by atoms with van der Waals surface area (Å²) < 4.78 is 19.5. The Labute approximate surface area is 197 Å². The van der Waals surface area contributed by atoms with Gasteiger partial charge in [0.05, 0.1) is 19.9 Å². The molecule has 0 amide bonds. The maximum absolute atomic E-state index is 6.69. The molecule has 34 heavy (non-hydrogen) atoms. The average molecular weight is 453 g/mol. The van der Waals surface area contributed by atoms with Crippen LogP contribution in [0.1, 0.15) is 34.4 Å². The number of hydrogen-bond donors (Lipinski definition) is 1. The van der Waals surface area contributed by atoms with Crippen molar-refractivity contribution in [3.63, 3.8) is 0 Å². The highest BCUT2D eigenvalue weighted by Gasteiger charge is 2.41. The first-order valence-corrected chi connectivity index (χ1v) is 11.1.